The predicted molar refractivity (Wildman–Crippen MR) is 84.1 cm³/mol. The van der Waals surface area contributed by atoms with Gasteiger partial charge >= 0.3 is 0 Å². The van der Waals surface area contributed by atoms with Crippen LogP contribution in [0, 0.1) is 21.4 Å². The average molecular weight is 346 g/mol. The third-order valence-electron chi connectivity index (χ3n) is 3.03. The fourth-order valence-corrected chi connectivity index (χ4v) is 2.50. The van der Waals surface area contributed by atoms with E-state index in [1.165, 1.54) is 12.1 Å². The SMILES string of the molecule is CN(Cc1cccc(Br)c1)c1ccc([N+](=O)[O-])cc1C#N. The summed E-state index contributed by atoms with van der Waals surface area (Å²) in [5.74, 6) is 0. The van der Waals surface area contributed by atoms with Crippen LogP contribution in [0.1, 0.15) is 11.1 Å². The number of nitro benzene ring substituents is 1. The van der Waals surface area contributed by atoms with Gasteiger partial charge in [0.05, 0.1) is 16.2 Å². The molecular weight excluding hydrogens is 334 g/mol. The summed E-state index contributed by atoms with van der Waals surface area (Å²) in [6.07, 6.45) is 0. The van der Waals surface area contributed by atoms with Crippen molar-refractivity contribution in [2.75, 3.05) is 11.9 Å². The van der Waals surface area contributed by atoms with Crippen LogP contribution in [-0.4, -0.2) is 12.0 Å². The standard InChI is InChI=1S/C15H12BrN3O2/c1-18(10-11-3-2-4-13(16)7-11)15-6-5-14(19(20)21)8-12(15)9-17/h2-8H,10H2,1H3. The highest BCUT2D eigenvalue weighted by atomic mass is 79.9. The van der Waals surface area contributed by atoms with Gasteiger partial charge in [-0.05, 0) is 23.8 Å². The summed E-state index contributed by atoms with van der Waals surface area (Å²) in [7, 11) is 1.85. The first-order chi connectivity index (χ1) is 10.0. The average Bonchev–Trinajstić information content (AvgIpc) is 2.46. The molecule has 0 saturated heterocycles. The Labute approximate surface area is 130 Å². The van der Waals surface area contributed by atoms with Crippen molar-refractivity contribution in [1.29, 1.82) is 5.26 Å². The quantitative estimate of drug-likeness (QED) is 0.623. The number of non-ortho nitro benzene ring substituents is 1. The Morgan fingerprint density at radius 2 is 2.10 bits per heavy atom. The van der Waals surface area contributed by atoms with Crippen LogP contribution in [0.15, 0.2) is 46.9 Å². The van der Waals surface area contributed by atoms with Crippen LogP contribution >= 0.6 is 15.9 Å². The van der Waals surface area contributed by atoms with Crippen LogP contribution in [-0.2, 0) is 6.54 Å². The summed E-state index contributed by atoms with van der Waals surface area (Å²) in [5.41, 5.74) is 1.96. The molecule has 0 aliphatic carbocycles. The first-order valence-corrected chi connectivity index (χ1v) is 6.94. The number of anilines is 1. The molecule has 0 heterocycles. The van der Waals surface area contributed by atoms with Crippen LogP contribution in [0.4, 0.5) is 11.4 Å². The Kier molecular flexibility index (Phi) is 4.55. The molecule has 5 nitrogen and oxygen atoms in total. The molecule has 0 saturated carbocycles. The van der Waals surface area contributed by atoms with E-state index in [1.807, 2.05) is 42.3 Å². The molecule has 0 amide bonds. The number of halogens is 1. The molecule has 21 heavy (non-hydrogen) atoms. The molecule has 2 aromatic carbocycles. The van der Waals surface area contributed by atoms with Gasteiger partial charge in [-0.1, -0.05) is 28.1 Å². The van der Waals surface area contributed by atoms with Crippen LogP contribution in [0.3, 0.4) is 0 Å². The lowest BCUT2D eigenvalue weighted by atomic mass is 10.1. The van der Waals surface area contributed by atoms with E-state index in [-0.39, 0.29) is 5.69 Å². The van der Waals surface area contributed by atoms with Gasteiger partial charge in [-0.2, -0.15) is 5.26 Å². The lowest BCUT2D eigenvalue weighted by Crippen LogP contribution is -2.17. The molecule has 6 heteroatoms. The van der Waals surface area contributed by atoms with Gasteiger partial charge in [-0.3, -0.25) is 10.1 Å². The van der Waals surface area contributed by atoms with Gasteiger partial charge in [0.2, 0.25) is 0 Å². The van der Waals surface area contributed by atoms with Crippen molar-refractivity contribution in [2.45, 2.75) is 6.54 Å². The highest BCUT2D eigenvalue weighted by Crippen LogP contribution is 2.25. The molecule has 0 radical (unpaired) electrons. The van der Waals surface area contributed by atoms with Gasteiger partial charge in [0.25, 0.3) is 5.69 Å². The van der Waals surface area contributed by atoms with E-state index < -0.39 is 4.92 Å². The number of benzene rings is 2. The molecule has 0 aliphatic heterocycles. The van der Waals surface area contributed by atoms with E-state index in [1.54, 1.807) is 6.07 Å². The zero-order chi connectivity index (χ0) is 15.4. The minimum Gasteiger partial charge on any atom is -0.369 e. The predicted octanol–water partition coefficient (Wildman–Crippen LogP) is 3.87. The summed E-state index contributed by atoms with van der Waals surface area (Å²) in [6.45, 7) is 0.603. The summed E-state index contributed by atoms with van der Waals surface area (Å²) >= 11 is 3.42. The third kappa shape index (κ3) is 3.58. The second-order valence-electron chi connectivity index (χ2n) is 4.56. The molecule has 0 unspecified atom stereocenters. The second kappa shape index (κ2) is 6.37. The topological polar surface area (TPSA) is 70.2 Å². The van der Waals surface area contributed by atoms with E-state index in [9.17, 15) is 15.4 Å². The molecule has 0 spiro atoms. The molecule has 0 aliphatic rings. The number of nitro groups is 1. The summed E-state index contributed by atoms with van der Waals surface area (Å²) < 4.78 is 0.984. The smallest absolute Gasteiger partial charge is 0.270 e. The Morgan fingerprint density at radius 3 is 2.71 bits per heavy atom. The van der Waals surface area contributed by atoms with Crippen molar-refractivity contribution in [3.8, 4) is 6.07 Å². The largest absolute Gasteiger partial charge is 0.369 e. The van der Waals surface area contributed by atoms with Crippen molar-refractivity contribution in [2.24, 2.45) is 0 Å². The van der Waals surface area contributed by atoms with Crippen LogP contribution in [0.5, 0.6) is 0 Å². The molecular formula is C15H12BrN3O2. The maximum absolute atomic E-state index is 10.8. The van der Waals surface area contributed by atoms with E-state index in [4.69, 9.17) is 0 Å². The highest BCUT2D eigenvalue weighted by molar-refractivity contribution is 9.10. The van der Waals surface area contributed by atoms with Gasteiger partial charge in [0, 0.05) is 30.2 Å². The molecule has 0 aromatic heterocycles. The number of rotatable bonds is 4. The zero-order valence-corrected chi connectivity index (χ0v) is 12.9. The molecule has 0 bridgehead atoms. The van der Waals surface area contributed by atoms with E-state index in [0.29, 0.717) is 17.8 Å². The van der Waals surface area contributed by atoms with Crippen molar-refractivity contribution in [1.82, 2.24) is 0 Å². The Bertz CT molecular complexity index is 725. The minimum atomic E-state index is -0.501. The fourth-order valence-electron chi connectivity index (χ4n) is 2.05. The maximum atomic E-state index is 10.8. The minimum absolute atomic E-state index is 0.0776. The molecule has 0 N–H and O–H groups in total. The Hall–Kier alpha value is -2.39. The normalized spacial score (nSPS) is 9.95. The lowest BCUT2D eigenvalue weighted by molar-refractivity contribution is -0.384. The maximum Gasteiger partial charge on any atom is 0.270 e. The van der Waals surface area contributed by atoms with Gasteiger partial charge in [-0.15, -0.1) is 0 Å². The lowest BCUT2D eigenvalue weighted by Gasteiger charge is -2.20. The molecule has 0 atom stereocenters. The van der Waals surface area contributed by atoms with Crippen molar-refractivity contribution in [3.63, 3.8) is 0 Å². The summed E-state index contributed by atoms with van der Waals surface area (Å²) in [6, 6.07) is 14.2. The monoisotopic (exact) mass is 345 g/mol. The first kappa shape index (κ1) is 15.0. The summed E-state index contributed by atoms with van der Waals surface area (Å²) in [4.78, 5) is 12.1. The highest BCUT2D eigenvalue weighted by Gasteiger charge is 2.13. The number of nitriles is 1. The van der Waals surface area contributed by atoms with Gasteiger partial charge < -0.3 is 4.90 Å². The number of hydrogen-bond acceptors (Lipinski definition) is 4. The molecule has 106 valence electrons. The van der Waals surface area contributed by atoms with E-state index >= 15 is 0 Å². The van der Waals surface area contributed by atoms with Crippen LogP contribution < -0.4 is 4.90 Å². The third-order valence-corrected chi connectivity index (χ3v) is 3.52. The zero-order valence-electron chi connectivity index (χ0n) is 11.3. The van der Waals surface area contributed by atoms with Crippen LogP contribution in [0.25, 0.3) is 0 Å². The number of nitrogens with zero attached hydrogens (tertiary/aromatic N) is 3. The van der Waals surface area contributed by atoms with Gasteiger partial charge in [-0.25, -0.2) is 0 Å². The van der Waals surface area contributed by atoms with E-state index in [2.05, 4.69) is 15.9 Å². The molecule has 2 rings (SSSR count). The second-order valence-corrected chi connectivity index (χ2v) is 5.47. The first-order valence-electron chi connectivity index (χ1n) is 6.15. The Morgan fingerprint density at radius 1 is 1.33 bits per heavy atom. The molecule has 0 fully saturated rings. The van der Waals surface area contributed by atoms with Crippen molar-refractivity contribution < 1.29 is 4.92 Å². The molecule has 2 aromatic rings. The van der Waals surface area contributed by atoms with Crippen LogP contribution in [0.2, 0.25) is 0 Å². The van der Waals surface area contributed by atoms with E-state index in [0.717, 1.165) is 10.0 Å². The van der Waals surface area contributed by atoms with Gasteiger partial charge in [0.15, 0.2) is 0 Å². The summed E-state index contributed by atoms with van der Waals surface area (Å²) in [5, 5.41) is 19.9. The van der Waals surface area contributed by atoms with Gasteiger partial charge in [0.1, 0.15) is 6.07 Å². The number of hydrogen-bond donors (Lipinski definition) is 0. The van der Waals surface area contributed by atoms with Crippen molar-refractivity contribution in [3.05, 3.63) is 68.2 Å². The van der Waals surface area contributed by atoms with Crippen molar-refractivity contribution >= 4 is 27.3 Å². The Balaban J connectivity index is 2.29. The fraction of sp³-hybridized carbons (Fsp3) is 0.133.